The van der Waals surface area contributed by atoms with Crippen molar-refractivity contribution < 1.29 is 14.3 Å². The first kappa shape index (κ1) is 23.9. The lowest BCUT2D eigenvalue weighted by Crippen LogP contribution is -2.52. The van der Waals surface area contributed by atoms with Crippen molar-refractivity contribution in [3.8, 4) is 5.75 Å². The van der Waals surface area contributed by atoms with Gasteiger partial charge in [0.05, 0.1) is 0 Å². The van der Waals surface area contributed by atoms with E-state index < -0.39 is 6.04 Å². The van der Waals surface area contributed by atoms with Gasteiger partial charge in [-0.1, -0.05) is 60.1 Å². The molecule has 2 rings (SSSR count). The van der Waals surface area contributed by atoms with E-state index in [1.165, 1.54) is 0 Å². The summed E-state index contributed by atoms with van der Waals surface area (Å²) in [6.45, 7) is 6.27. The summed E-state index contributed by atoms with van der Waals surface area (Å²) in [5.74, 6) is 0.309. The largest absolute Gasteiger partial charge is 0.484 e. The SMILES string of the molecule is CC[C@@H](C)NC(=O)[C@H](CC)N(CCc1ccccc1)C(=O)COc1ccc(Br)cc1. The van der Waals surface area contributed by atoms with Crippen molar-refractivity contribution in [1.29, 1.82) is 0 Å². The lowest BCUT2D eigenvalue weighted by atomic mass is 10.1. The molecule has 30 heavy (non-hydrogen) atoms. The zero-order chi connectivity index (χ0) is 21.9. The maximum Gasteiger partial charge on any atom is 0.261 e. The molecular weight excluding hydrogens is 444 g/mol. The van der Waals surface area contributed by atoms with E-state index in [1.54, 1.807) is 17.0 Å². The van der Waals surface area contributed by atoms with Crippen LogP contribution < -0.4 is 10.1 Å². The van der Waals surface area contributed by atoms with E-state index in [0.29, 0.717) is 25.1 Å². The predicted octanol–water partition coefficient (Wildman–Crippen LogP) is 4.59. The molecule has 5 nitrogen and oxygen atoms in total. The minimum absolute atomic E-state index is 0.0663. The van der Waals surface area contributed by atoms with Gasteiger partial charge in [-0.2, -0.15) is 0 Å². The fourth-order valence-electron chi connectivity index (χ4n) is 3.10. The first-order valence-electron chi connectivity index (χ1n) is 10.5. The molecule has 0 aliphatic rings. The van der Waals surface area contributed by atoms with Crippen molar-refractivity contribution in [2.45, 2.75) is 52.1 Å². The third-order valence-electron chi connectivity index (χ3n) is 5.05. The summed E-state index contributed by atoms with van der Waals surface area (Å²) >= 11 is 3.39. The Hall–Kier alpha value is -2.34. The van der Waals surface area contributed by atoms with Crippen LogP contribution in [0.25, 0.3) is 0 Å². The molecule has 0 radical (unpaired) electrons. The van der Waals surface area contributed by atoms with Gasteiger partial charge in [0, 0.05) is 17.1 Å². The summed E-state index contributed by atoms with van der Waals surface area (Å²) in [6, 6.07) is 16.9. The van der Waals surface area contributed by atoms with Crippen LogP contribution in [0.15, 0.2) is 59.1 Å². The van der Waals surface area contributed by atoms with Crippen molar-refractivity contribution in [3.63, 3.8) is 0 Å². The molecular formula is C24H31BrN2O3. The Bertz CT molecular complexity index is 796. The van der Waals surface area contributed by atoms with Crippen LogP contribution in [0.3, 0.4) is 0 Å². The van der Waals surface area contributed by atoms with E-state index in [4.69, 9.17) is 4.74 Å². The summed E-state index contributed by atoms with van der Waals surface area (Å²) in [6.07, 6.45) is 2.06. The van der Waals surface area contributed by atoms with Gasteiger partial charge in [-0.05, 0) is 56.0 Å². The van der Waals surface area contributed by atoms with Crippen molar-refractivity contribution in [3.05, 3.63) is 64.6 Å². The van der Waals surface area contributed by atoms with Gasteiger partial charge in [-0.3, -0.25) is 9.59 Å². The van der Waals surface area contributed by atoms with Crippen molar-refractivity contribution in [2.24, 2.45) is 0 Å². The molecule has 2 aromatic carbocycles. The van der Waals surface area contributed by atoms with E-state index in [1.807, 2.05) is 63.2 Å². The lowest BCUT2D eigenvalue weighted by Gasteiger charge is -2.31. The van der Waals surface area contributed by atoms with Crippen LogP contribution in [-0.4, -0.2) is 41.9 Å². The molecule has 0 heterocycles. The zero-order valence-electron chi connectivity index (χ0n) is 17.9. The van der Waals surface area contributed by atoms with Crippen LogP contribution >= 0.6 is 15.9 Å². The average Bonchev–Trinajstić information content (AvgIpc) is 2.76. The number of hydrogen-bond acceptors (Lipinski definition) is 3. The van der Waals surface area contributed by atoms with E-state index in [-0.39, 0.29) is 24.5 Å². The second kappa shape index (κ2) is 12.4. The molecule has 0 spiro atoms. The van der Waals surface area contributed by atoms with E-state index >= 15 is 0 Å². The van der Waals surface area contributed by atoms with Crippen LogP contribution in [0.1, 0.15) is 39.2 Å². The van der Waals surface area contributed by atoms with Gasteiger partial charge in [0.15, 0.2) is 6.61 Å². The van der Waals surface area contributed by atoms with Gasteiger partial charge in [0.1, 0.15) is 11.8 Å². The van der Waals surface area contributed by atoms with Crippen molar-refractivity contribution >= 4 is 27.7 Å². The standard InChI is InChI=1S/C24H31BrN2O3/c1-4-18(3)26-24(29)22(5-2)27(16-15-19-9-7-6-8-10-19)23(28)17-30-21-13-11-20(25)12-14-21/h6-14,18,22H,4-5,15-17H2,1-3H3,(H,26,29)/t18-,22+/m1/s1. The fourth-order valence-corrected chi connectivity index (χ4v) is 3.36. The van der Waals surface area contributed by atoms with Crippen LogP contribution in [0.2, 0.25) is 0 Å². The molecule has 6 heteroatoms. The number of benzene rings is 2. The molecule has 2 atom stereocenters. The minimum Gasteiger partial charge on any atom is -0.484 e. The number of ether oxygens (including phenoxy) is 1. The molecule has 0 aliphatic carbocycles. The number of halogens is 1. The summed E-state index contributed by atoms with van der Waals surface area (Å²) in [5, 5.41) is 3.02. The highest BCUT2D eigenvalue weighted by molar-refractivity contribution is 9.10. The van der Waals surface area contributed by atoms with E-state index in [2.05, 4.69) is 21.2 Å². The molecule has 2 amide bonds. The van der Waals surface area contributed by atoms with Gasteiger partial charge >= 0.3 is 0 Å². The number of carbonyl (C=O) groups excluding carboxylic acids is 2. The minimum atomic E-state index is -0.524. The average molecular weight is 475 g/mol. The van der Waals surface area contributed by atoms with Crippen LogP contribution in [0, 0.1) is 0 Å². The molecule has 0 saturated heterocycles. The number of nitrogens with zero attached hydrogens (tertiary/aromatic N) is 1. The summed E-state index contributed by atoms with van der Waals surface area (Å²) in [5.41, 5.74) is 1.13. The Morgan fingerprint density at radius 3 is 2.30 bits per heavy atom. The fraction of sp³-hybridized carbons (Fsp3) is 0.417. The topological polar surface area (TPSA) is 58.6 Å². The normalized spacial score (nSPS) is 12.7. The molecule has 0 aliphatic heterocycles. The molecule has 0 fully saturated rings. The third kappa shape index (κ3) is 7.48. The summed E-state index contributed by atoms with van der Waals surface area (Å²) in [4.78, 5) is 27.6. The third-order valence-corrected chi connectivity index (χ3v) is 5.58. The van der Waals surface area contributed by atoms with Crippen molar-refractivity contribution in [1.82, 2.24) is 10.2 Å². The Morgan fingerprint density at radius 2 is 1.70 bits per heavy atom. The lowest BCUT2D eigenvalue weighted by molar-refractivity contribution is -0.142. The Labute approximate surface area is 187 Å². The highest BCUT2D eigenvalue weighted by Gasteiger charge is 2.29. The first-order valence-corrected chi connectivity index (χ1v) is 11.3. The van der Waals surface area contributed by atoms with Gasteiger partial charge in [0.2, 0.25) is 5.91 Å². The number of amides is 2. The molecule has 0 bridgehead atoms. The zero-order valence-corrected chi connectivity index (χ0v) is 19.5. The smallest absolute Gasteiger partial charge is 0.261 e. The predicted molar refractivity (Wildman–Crippen MR) is 123 cm³/mol. The summed E-state index contributed by atoms with van der Waals surface area (Å²) < 4.78 is 6.63. The molecule has 162 valence electrons. The van der Waals surface area contributed by atoms with Crippen LogP contribution in [0.5, 0.6) is 5.75 Å². The highest BCUT2D eigenvalue weighted by atomic mass is 79.9. The number of hydrogen-bond donors (Lipinski definition) is 1. The van der Waals surface area contributed by atoms with Gasteiger partial charge in [0.25, 0.3) is 5.91 Å². The molecule has 0 saturated carbocycles. The van der Waals surface area contributed by atoms with Gasteiger partial charge in [-0.25, -0.2) is 0 Å². The van der Waals surface area contributed by atoms with Crippen molar-refractivity contribution in [2.75, 3.05) is 13.2 Å². The van der Waals surface area contributed by atoms with E-state index in [0.717, 1.165) is 16.5 Å². The van der Waals surface area contributed by atoms with Crippen LogP contribution in [-0.2, 0) is 16.0 Å². The van der Waals surface area contributed by atoms with Gasteiger partial charge < -0.3 is 15.0 Å². The monoisotopic (exact) mass is 474 g/mol. The quantitative estimate of drug-likeness (QED) is 0.517. The number of carbonyl (C=O) groups is 2. The Morgan fingerprint density at radius 1 is 1.03 bits per heavy atom. The summed E-state index contributed by atoms with van der Waals surface area (Å²) in [7, 11) is 0. The number of nitrogens with one attached hydrogen (secondary N) is 1. The Balaban J connectivity index is 2.11. The second-order valence-corrected chi connectivity index (χ2v) is 8.22. The number of rotatable bonds is 11. The molecule has 2 aromatic rings. The van der Waals surface area contributed by atoms with Crippen LogP contribution in [0.4, 0.5) is 0 Å². The highest BCUT2D eigenvalue weighted by Crippen LogP contribution is 2.17. The molecule has 0 unspecified atom stereocenters. The maximum atomic E-state index is 13.1. The molecule has 1 N–H and O–H groups in total. The maximum absolute atomic E-state index is 13.1. The first-order chi connectivity index (χ1) is 14.4. The second-order valence-electron chi connectivity index (χ2n) is 7.31. The van der Waals surface area contributed by atoms with Gasteiger partial charge in [-0.15, -0.1) is 0 Å². The Kier molecular flexibility index (Phi) is 9.87. The molecule has 0 aromatic heterocycles. The van der Waals surface area contributed by atoms with E-state index in [9.17, 15) is 9.59 Å².